The summed E-state index contributed by atoms with van der Waals surface area (Å²) in [5.41, 5.74) is 21.8. The maximum Gasteiger partial charge on any atom is 0.152 e. The van der Waals surface area contributed by atoms with Crippen LogP contribution in [0.25, 0.3) is 44.5 Å². The second-order valence-corrected chi connectivity index (χ2v) is 9.97. The average molecular weight is 519 g/mol. The molecular weight excluding hydrogens is 488 g/mol. The lowest BCUT2D eigenvalue weighted by molar-refractivity contribution is 0.530. The molecule has 6 rings (SSSR count). The highest BCUT2D eigenvalue weighted by atomic mass is 15.2. The smallest absolute Gasteiger partial charge is 0.152 e. The minimum Gasteiger partial charge on any atom is -0.399 e. The molecule has 5 aromatic rings. The molecular formula is C36H30N4. The van der Waals surface area contributed by atoms with Crippen molar-refractivity contribution in [2.75, 3.05) is 0 Å². The molecule has 0 bridgehead atoms. The maximum absolute atomic E-state index is 6.63. The van der Waals surface area contributed by atoms with Crippen LogP contribution in [0.1, 0.15) is 6.42 Å². The normalized spacial score (nSPS) is 16.7. The minimum absolute atomic E-state index is 0.485. The van der Waals surface area contributed by atoms with Crippen molar-refractivity contribution < 1.29 is 0 Å². The average Bonchev–Trinajstić information content (AvgIpc) is 3.02. The van der Waals surface area contributed by atoms with E-state index >= 15 is 0 Å². The number of hydrogen-bond acceptors (Lipinski definition) is 4. The van der Waals surface area contributed by atoms with Crippen molar-refractivity contribution in [3.63, 3.8) is 0 Å². The third-order valence-electron chi connectivity index (χ3n) is 7.15. The summed E-state index contributed by atoms with van der Waals surface area (Å²) < 4.78 is 0. The van der Waals surface area contributed by atoms with Crippen molar-refractivity contribution in [2.45, 2.75) is 12.1 Å². The fourth-order valence-corrected chi connectivity index (χ4v) is 5.17. The summed E-state index contributed by atoms with van der Waals surface area (Å²) in [5.74, 6) is 0. The molecule has 0 amide bonds. The second kappa shape index (κ2) is 11.0. The quantitative estimate of drug-likeness (QED) is 0.220. The first kappa shape index (κ1) is 25.2. The van der Waals surface area contributed by atoms with Gasteiger partial charge in [-0.25, -0.2) is 0 Å². The van der Waals surface area contributed by atoms with Crippen molar-refractivity contribution in [1.29, 1.82) is 0 Å². The van der Waals surface area contributed by atoms with E-state index in [1.165, 1.54) is 0 Å². The van der Waals surface area contributed by atoms with Gasteiger partial charge in [0.15, 0.2) is 5.66 Å². The van der Waals surface area contributed by atoms with E-state index in [1.807, 2.05) is 36.4 Å². The highest BCUT2D eigenvalue weighted by molar-refractivity contribution is 6.05. The van der Waals surface area contributed by atoms with E-state index in [0.29, 0.717) is 12.1 Å². The van der Waals surface area contributed by atoms with Gasteiger partial charge in [0.2, 0.25) is 0 Å². The van der Waals surface area contributed by atoms with Crippen LogP contribution in [0.3, 0.4) is 0 Å². The number of benzene rings is 5. The first-order valence-corrected chi connectivity index (χ1v) is 13.4. The SMILES string of the molecule is NC1=CCC(N)(N=Nc2cc(-c3ccccc3)c(-c3ccccc3)c(-c3ccccc3)c2-c2ccccc2)C=C1. The first-order chi connectivity index (χ1) is 19.6. The maximum atomic E-state index is 6.63. The summed E-state index contributed by atoms with van der Waals surface area (Å²) in [6, 6.07) is 44.1. The van der Waals surface area contributed by atoms with Gasteiger partial charge in [-0.3, -0.25) is 0 Å². The predicted molar refractivity (Wildman–Crippen MR) is 166 cm³/mol. The zero-order valence-electron chi connectivity index (χ0n) is 22.1. The van der Waals surface area contributed by atoms with E-state index in [9.17, 15) is 0 Å². The fraction of sp³-hybridized carbons (Fsp3) is 0.0556. The zero-order valence-corrected chi connectivity index (χ0v) is 22.1. The molecule has 1 aliphatic rings. The molecule has 0 heterocycles. The molecule has 194 valence electrons. The summed E-state index contributed by atoms with van der Waals surface area (Å²) in [4.78, 5) is 0. The van der Waals surface area contributed by atoms with Crippen LogP contribution >= 0.6 is 0 Å². The van der Waals surface area contributed by atoms with E-state index in [0.717, 1.165) is 50.2 Å². The van der Waals surface area contributed by atoms with Gasteiger partial charge in [0.25, 0.3) is 0 Å². The molecule has 0 fully saturated rings. The van der Waals surface area contributed by atoms with E-state index < -0.39 is 5.66 Å². The number of nitrogens with two attached hydrogens (primary N) is 2. The lowest BCUT2D eigenvalue weighted by atomic mass is 9.82. The Morgan fingerprint density at radius 2 is 1.05 bits per heavy atom. The summed E-state index contributed by atoms with van der Waals surface area (Å²) in [6.45, 7) is 0. The molecule has 0 saturated carbocycles. The van der Waals surface area contributed by atoms with Gasteiger partial charge in [-0.05, 0) is 51.6 Å². The Bertz CT molecular complexity index is 1710. The van der Waals surface area contributed by atoms with Crippen LogP contribution in [-0.2, 0) is 0 Å². The number of hydrogen-bond donors (Lipinski definition) is 2. The van der Waals surface area contributed by atoms with Gasteiger partial charge < -0.3 is 11.5 Å². The van der Waals surface area contributed by atoms with Crippen LogP contribution in [0.2, 0.25) is 0 Å². The van der Waals surface area contributed by atoms with E-state index in [-0.39, 0.29) is 0 Å². The first-order valence-electron chi connectivity index (χ1n) is 13.4. The number of nitrogens with zero attached hydrogens (tertiary/aromatic N) is 2. The number of azo groups is 1. The van der Waals surface area contributed by atoms with Crippen molar-refractivity contribution in [3.8, 4) is 44.5 Å². The summed E-state index contributed by atoms with van der Waals surface area (Å²) in [7, 11) is 0. The highest BCUT2D eigenvalue weighted by Crippen LogP contribution is 2.50. The molecule has 4 nitrogen and oxygen atoms in total. The standard InChI is InChI=1S/C36H30N4/c37-30-21-23-36(38,24-22-30)40-39-32-25-31(26-13-5-1-6-14-26)33(27-15-7-2-8-16-27)35(29-19-11-4-12-20-29)34(32)28-17-9-3-10-18-28/h1-23,25H,24,37-38H2. The molecule has 0 saturated heterocycles. The van der Waals surface area contributed by atoms with Crippen molar-refractivity contribution in [2.24, 2.45) is 21.7 Å². The van der Waals surface area contributed by atoms with Crippen LogP contribution in [-0.4, -0.2) is 5.66 Å². The van der Waals surface area contributed by atoms with E-state index in [2.05, 4.69) is 103 Å². The molecule has 1 unspecified atom stereocenters. The van der Waals surface area contributed by atoms with Crippen LogP contribution in [0.5, 0.6) is 0 Å². The Kier molecular flexibility index (Phi) is 6.92. The van der Waals surface area contributed by atoms with Gasteiger partial charge in [0.05, 0.1) is 5.69 Å². The zero-order chi connectivity index (χ0) is 27.4. The van der Waals surface area contributed by atoms with Gasteiger partial charge in [0.1, 0.15) is 0 Å². The molecule has 0 spiro atoms. The Balaban J connectivity index is 1.72. The van der Waals surface area contributed by atoms with Crippen molar-refractivity contribution in [1.82, 2.24) is 0 Å². The lowest BCUT2D eigenvalue weighted by Gasteiger charge is -2.24. The molecule has 5 aromatic carbocycles. The van der Waals surface area contributed by atoms with Gasteiger partial charge in [0, 0.05) is 23.2 Å². The summed E-state index contributed by atoms with van der Waals surface area (Å²) in [5, 5.41) is 9.58. The van der Waals surface area contributed by atoms with Gasteiger partial charge in [-0.15, -0.1) is 0 Å². The Morgan fingerprint density at radius 1 is 0.575 bits per heavy atom. The molecule has 0 aromatic heterocycles. The van der Waals surface area contributed by atoms with Gasteiger partial charge >= 0.3 is 0 Å². The predicted octanol–water partition coefficient (Wildman–Crippen LogP) is 8.90. The molecule has 1 atom stereocenters. The number of allylic oxidation sites excluding steroid dienone is 1. The second-order valence-electron chi connectivity index (χ2n) is 9.97. The van der Waals surface area contributed by atoms with Crippen LogP contribution in [0.15, 0.2) is 162 Å². The lowest BCUT2D eigenvalue weighted by Crippen LogP contribution is -2.35. The molecule has 1 aliphatic carbocycles. The third kappa shape index (κ3) is 5.13. The topological polar surface area (TPSA) is 76.8 Å². The summed E-state index contributed by atoms with van der Waals surface area (Å²) >= 11 is 0. The van der Waals surface area contributed by atoms with Crippen molar-refractivity contribution in [3.05, 3.63) is 151 Å². The number of rotatable bonds is 6. The molecule has 40 heavy (non-hydrogen) atoms. The largest absolute Gasteiger partial charge is 0.399 e. The highest BCUT2D eigenvalue weighted by Gasteiger charge is 2.25. The van der Waals surface area contributed by atoms with Gasteiger partial charge in [-0.2, -0.15) is 10.2 Å². The monoisotopic (exact) mass is 518 g/mol. The third-order valence-corrected chi connectivity index (χ3v) is 7.15. The fourth-order valence-electron chi connectivity index (χ4n) is 5.17. The summed E-state index contributed by atoms with van der Waals surface area (Å²) in [6.07, 6.45) is 5.99. The van der Waals surface area contributed by atoms with Gasteiger partial charge in [-0.1, -0.05) is 127 Å². The Labute approximate surface area is 235 Å². The van der Waals surface area contributed by atoms with E-state index in [1.54, 1.807) is 6.08 Å². The van der Waals surface area contributed by atoms with Crippen molar-refractivity contribution >= 4 is 5.69 Å². The minimum atomic E-state index is -0.964. The Morgan fingerprint density at radius 3 is 1.55 bits per heavy atom. The Hall–Kier alpha value is -5.06. The van der Waals surface area contributed by atoms with Crippen LogP contribution < -0.4 is 11.5 Å². The molecule has 4 N–H and O–H groups in total. The molecule has 0 radical (unpaired) electrons. The molecule has 0 aliphatic heterocycles. The van der Waals surface area contributed by atoms with Crippen LogP contribution in [0, 0.1) is 0 Å². The molecule has 4 heteroatoms. The van der Waals surface area contributed by atoms with Crippen LogP contribution in [0.4, 0.5) is 5.69 Å². The van der Waals surface area contributed by atoms with E-state index in [4.69, 9.17) is 21.7 Å².